The van der Waals surface area contributed by atoms with Gasteiger partial charge in [-0.25, -0.2) is 18.6 Å². The van der Waals surface area contributed by atoms with E-state index >= 15 is 0 Å². The third-order valence-corrected chi connectivity index (χ3v) is 2.37. The van der Waals surface area contributed by atoms with Gasteiger partial charge in [-0.3, -0.25) is 0 Å². The highest BCUT2D eigenvalue weighted by Crippen LogP contribution is 2.18. The highest BCUT2D eigenvalue weighted by Gasteiger charge is 2.22. The summed E-state index contributed by atoms with van der Waals surface area (Å²) in [5, 5.41) is 5.38. The maximum absolute atomic E-state index is 12.0. The van der Waals surface area contributed by atoms with Crippen molar-refractivity contribution in [3.05, 3.63) is 23.9 Å². The van der Waals surface area contributed by atoms with Crippen LogP contribution in [0.2, 0.25) is 0 Å². The Hall–Kier alpha value is -2.06. The molecule has 0 radical (unpaired) electrons. The number of hydrogen-bond donors (Lipinski definition) is 2. The van der Waals surface area contributed by atoms with E-state index in [-0.39, 0.29) is 24.5 Å². The molecule has 0 aromatic carbocycles. The molecule has 0 saturated heterocycles. The number of halogens is 4. The lowest BCUT2D eigenvalue weighted by molar-refractivity contribution is -0.0529. The Morgan fingerprint density at radius 1 is 1.41 bits per heavy atom. The first-order valence-corrected chi connectivity index (χ1v) is 6.59. The van der Waals surface area contributed by atoms with Crippen LogP contribution < -0.4 is 15.4 Å². The third kappa shape index (κ3) is 8.98. The number of alkyl halides is 4. The molecule has 0 unspecified atom stereocenters. The first kappa shape index (κ1) is 18.0. The average Bonchev–Trinajstić information content (AvgIpc) is 3.19. The van der Waals surface area contributed by atoms with E-state index in [0.29, 0.717) is 5.56 Å². The number of urea groups is 1. The summed E-state index contributed by atoms with van der Waals surface area (Å²) in [5.74, 6) is -0.160. The zero-order chi connectivity index (χ0) is 16.5. The standard InChI is InChI=1S/C11H13F2N3O2.C2H4F2/c12-10(13)18-9-5-7(3-4-14-9)6-15-11(17)16-8-1-2-8;1-2(3)4/h3-5,8,10H,1-2,6H2,(H2,15,16,17);2H,1H3. The van der Waals surface area contributed by atoms with Crippen molar-refractivity contribution in [3.63, 3.8) is 0 Å². The predicted octanol–water partition coefficient (Wildman–Crippen LogP) is 2.92. The molecule has 2 N–H and O–H groups in total. The summed E-state index contributed by atoms with van der Waals surface area (Å²) in [6, 6.07) is 3.00. The molecule has 1 aliphatic rings. The molecule has 1 saturated carbocycles. The fourth-order valence-electron chi connectivity index (χ4n) is 1.36. The fraction of sp³-hybridized carbons (Fsp3) is 0.538. The third-order valence-electron chi connectivity index (χ3n) is 2.37. The van der Waals surface area contributed by atoms with Gasteiger partial charge in [-0.1, -0.05) is 0 Å². The summed E-state index contributed by atoms with van der Waals surface area (Å²) in [4.78, 5) is 15.0. The maximum Gasteiger partial charge on any atom is 0.388 e. The predicted molar refractivity (Wildman–Crippen MR) is 70.9 cm³/mol. The largest absolute Gasteiger partial charge is 0.417 e. The van der Waals surface area contributed by atoms with Crippen molar-refractivity contribution in [3.8, 4) is 5.88 Å². The van der Waals surface area contributed by atoms with Crippen molar-refractivity contribution in [1.29, 1.82) is 0 Å². The number of hydrogen-bond acceptors (Lipinski definition) is 3. The molecule has 9 heteroatoms. The molecule has 2 amide bonds. The number of ether oxygens (including phenoxy) is 1. The number of carbonyl (C=O) groups is 1. The Balaban J connectivity index is 0.000000541. The van der Waals surface area contributed by atoms with Gasteiger partial charge in [-0.2, -0.15) is 8.78 Å². The first-order valence-electron chi connectivity index (χ1n) is 6.59. The molecule has 1 aromatic heterocycles. The number of rotatable bonds is 5. The van der Waals surface area contributed by atoms with Crippen LogP contribution >= 0.6 is 0 Å². The van der Waals surface area contributed by atoms with Crippen LogP contribution in [0.5, 0.6) is 5.88 Å². The van der Waals surface area contributed by atoms with Crippen molar-refractivity contribution in [2.24, 2.45) is 0 Å². The lowest BCUT2D eigenvalue weighted by atomic mass is 10.2. The number of amides is 2. The SMILES string of the molecule is CC(F)F.O=C(NCc1ccnc(OC(F)F)c1)NC1CC1. The molecule has 0 atom stereocenters. The lowest BCUT2D eigenvalue weighted by Crippen LogP contribution is -2.36. The molecular weight excluding hydrogens is 306 g/mol. The Bertz CT molecular complexity index is 468. The monoisotopic (exact) mass is 323 g/mol. The van der Waals surface area contributed by atoms with Gasteiger partial charge in [0.25, 0.3) is 0 Å². The van der Waals surface area contributed by atoms with Crippen LogP contribution in [0, 0.1) is 0 Å². The summed E-state index contributed by atoms with van der Waals surface area (Å²) in [6.07, 6.45) is 1.21. The van der Waals surface area contributed by atoms with Crippen LogP contribution in [0.4, 0.5) is 22.4 Å². The molecule has 1 fully saturated rings. The topological polar surface area (TPSA) is 63.2 Å². The van der Waals surface area contributed by atoms with Crippen molar-refractivity contribution >= 4 is 6.03 Å². The Morgan fingerprint density at radius 2 is 2.05 bits per heavy atom. The number of nitrogens with one attached hydrogen (secondary N) is 2. The highest BCUT2D eigenvalue weighted by molar-refractivity contribution is 5.74. The van der Waals surface area contributed by atoms with Gasteiger partial charge in [0.15, 0.2) is 0 Å². The van der Waals surface area contributed by atoms with Crippen LogP contribution in [-0.4, -0.2) is 30.1 Å². The lowest BCUT2D eigenvalue weighted by Gasteiger charge is -2.08. The maximum atomic E-state index is 12.0. The second kappa shape index (κ2) is 9.06. The Labute approximate surface area is 125 Å². The Morgan fingerprint density at radius 3 is 2.59 bits per heavy atom. The molecule has 5 nitrogen and oxygen atoms in total. The van der Waals surface area contributed by atoms with Gasteiger partial charge < -0.3 is 15.4 Å². The van der Waals surface area contributed by atoms with Crippen LogP contribution in [0.15, 0.2) is 18.3 Å². The summed E-state index contributed by atoms with van der Waals surface area (Å²) in [6.45, 7) is -1.83. The van der Waals surface area contributed by atoms with Crippen LogP contribution in [0.3, 0.4) is 0 Å². The summed E-state index contributed by atoms with van der Waals surface area (Å²) in [7, 11) is 0. The van der Waals surface area contributed by atoms with Gasteiger partial charge in [0.05, 0.1) is 0 Å². The molecule has 0 bridgehead atoms. The average molecular weight is 323 g/mol. The zero-order valence-corrected chi connectivity index (χ0v) is 11.9. The molecule has 1 heterocycles. The van der Waals surface area contributed by atoms with E-state index in [4.69, 9.17) is 0 Å². The van der Waals surface area contributed by atoms with E-state index < -0.39 is 13.0 Å². The van der Waals surface area contributed by atoms with Gasteiger partial charge in [0.2, 0.25) is 12.3 Å². The van der Waals surface area contributed by atoms with Crippen LogP contribution in [0.25, 0.3) is 0 Å². The minimum absolute atomic E-state index is 0.160. The van der Waals surface area contributed by atoms with Crippen molar-refractivity contribution in [1.82, 2.24) is 15.6 Å². The fourth-order valence-corrected chi connectivity index (χ4v) is 1.36. The van der Waals surface area contributed by atoms with Crippen LogP contribution in [0.1, 0.15) is 25.3 Å². The molecule has 0 aliphatic heterocycles. The second-order valence-corrected chi connectivity index (χ2v) is 4.50. The molecule has 1 aliphatic carbocycles. The molecular formula is C13H17F4N3O2. The van der Waals surface area contributed by atoms with Gasteiger partial charge in [0, 0.05) is 24.8 Å². The summed E-state index contributed by atoms with van der Waals surface area (Å²) < 4.78 is 48.8. The van der Waals surface area contributed by atoms with Gasteiger partial charge in [-0.15, -0.1) is 0 Å². The number of carbonyl (C=O) groups excluding carboxylic acids is 1. The van der Waals surface area contributed by atoms with E-state index in [2.05, 4.69) is 20.4 Å². The quantitative estimate of drug-likeness (QED) is 0.819. The van der Waals surface area contributed by atoms with Gasteiger partial charge >= 0.3 is 12.6 Å². The normalized spacial score (nSPS) is 13.4. The van der Waals surface area contributed by atoms with E-state index in [9.17, 15) is 22.4 Å². The first-order chi connectivity index (χ1) is 10.4. The van der Waals surface area contributed by atoms with Crippen molar-refractivity contribution < 1.29 is 27.1 Å². The minimum atomic E-state index is -2.90. The molecule has 1 aromatic rings. The zero-order valence-electron chi connectivity index (χ0n) is 11.9. The molecule has 0 spiro atoms. The van der Waals surface area contributed by atoms with Gasteiger partial charge in [-0.05, 0) is 31.4 Å². The number of nitrogens with zero attached hydrogens (tertiary/aromatic N) is 1. The summed E-state index contributed by atoms with van der Waals surface area (Å²) in [5.41, 5.74) is 0.645. The Kier molecular flexibility index (Phi) is 7.41. The smallest absolute Gasteiger partial charge is 0.388 e. The number of aromatic nitrogens is 1. The van der Waals surface area contributed by atoms with E-state index in [1.165, 1.54) is 12.3 Å². The number of pyridine rings is 1. The van der Waals surface area contributed by atoms with E-state index in [0.717, 1.165) is 19.8 Å². The second-order valence-electron chi connectivity index (χ2n) is 4.50. The van der Waals surface area contributed by atoms with Crippen molar-refractivity contribution in [2.45, 2.75) is 45.4 Å². The summed E-state index contributed by atoms with van der Waals surface area (Å²) >= 11 is 0. The minimum Gasteiger partial charge on any atom is -0.417 e. The van der Waals surface area contributed by atoms with Crippen LogP contribution in [-0.2, 0) is 6.54 Å². The highest BCUT2D eigenvalue weighted by atomic mass is 19.3. The molecule has 124 valence electrons. The van der Waals surface area contributed by atoms with E-state index in [1.54, 1.807) is 6.07 Å². The molecule has 2 rings (SSSR count). The van der Waals surface area contributed by atoms with Gasteiger partial charge in [0.1, 0.15) is 0 Å². The van der Waals surface area contributed by atoms with Crippen molar-refractivity contribution in [2.75, 3.05) is 0 Å². The van der Waals surface area contributed by atoms with E-state index in [1.807, 2.05) is 0 Å². The molecule has 22 heavy (non-hydrogen) atoms.